The summed E-state index contributed by atoms with van der Waals surface area (Å²) in [6.07, 6.45) is 1.85. The van der Waals surface area contributed by atoms with Gasteiger partial charge in [-0.1, -0.05) is 19.9 Å². The number of aryl methyl sites for hydroxylation is 1. The molecule has 0 fully saturated rings. The van der Waals surface area contributed by atoms with Crippen molar-refractivity contribution in [3.63, 3.8) is 0 Å². The number of hydrogen-bond donors (Lipinski definition) is 1. The first-order chi connectivity index (χ1) is 10.1. The average Bonchev–Trinajstić information content (AvgIpc) is 2.79. The summed E-state index contributed by atoms with van der Waals surface area (Å²) >= 11 is 0. The Morgan fingerprint density at radius 1 is 1.38 bits per heavy atom. The first-order valence-electron chi connectivity index (χ1n) is 7.63. The van der Waals surface area contributed by atoms with Crippen molar-refractivity contribution < 1.29 is 4.39 Å². The molecule has 1 N–H and O–H groups in total. The van der Waals surface area contributed by atoms with Crippen molar-refractivity contribution in [2.45, 2.75) is 40.2 Å². The summed E-state index contributed by atoms with van der Waals surface area (Å²) in [7, 11) is 0. The molecule has 1 aromatic carbocycles. The Balaban J connectivity index is 2.13. The molecule has 0 spiro atoms. The fraction of sp³-hybridized carbons (Fsp3) is 0.471. The van der Waals surface area contributed by atoms with Crippen LogP contribution in [-0.4, -0.2) is 16.1 Å². The lowest BCUT2D eigenvalue weighted by atomic mass is 10.1. The van der Waals surface area contributed by atoms with Crippen molar-refractivity contribution in [2.75, 3.05) is 6.54 Å². The molecule has 0 amide bonds. The zero-order valence-corrected chi connectivity index (χ0v) is 12.9. The standard InChI is InChI=1S/C17H22FN3/c1-11(2)8-17-20-15-10-19-7-6-16(15)21(17)13-5-4-12(3)14(18)9-13/h4-5,9,11,19H,6-8,10H2,1-3H3. The highest BCUT2D eigenvalue weighted by molar-refractivity contribution is 5.41. The number of rotatable bonds is 3. The predicted octanol–water partition coefficient (Wildman–Crippen LogP) is 3.16. The topological polar surface area (TPSA) is 29.9 Å². The molecule has 0 unspecified atom stereocenters. The SMILES string of the molecule is Cc1ccc(-n2c(CC(C)C)nc3c2CCNC3)cc1F. The molecule has 0 radical (unpaired) electrons. The van der Waals surface area contributed by atoms with Crippen molar-refractivity contribution in [3.05, 3.63) is 46.8 Å². The second-order valence-electron chi connectivity index (χ2n) is 6.22. The van der Waals surface area contributed by atoms with Crippen LogP contribution in [0.3, 0.4) is 0 Å². The molecule has 2 aromatic rings. The highest BCUT2D eigenvalue weighted by Gasteiger charge is 2.21. The van der Waals surface area contributed by atoms with Crippen LogP contribution < -0.4 is 5.32 Å². The fourth-order valence-electron chi connectivity index (χ4n) is 2.89. The van der Waals surface area contributed by atoms with E-state index in [2.05, 4.69) is 23.7 Å². The molecule has 2 heterocycles. The van der Waals surface area contributed by atoms with Crippen LogP contribution >= 0.6 is 0 Å². The van der Waals surface area contributed by atoms with E-state index < -0.39 is 0 Å². The third-order valence-electron chi connectivity index (χ3n) is 3.96. The van der Waals surface area contributed by atoms with Crippen LogP contribution in [0.4, 0.5) is 4.39 Å². The van der Waals surface area contributed by atoms with Crippen LogP contribution in [0.5, 0.6) is 0 Å². The van der Waals surface area contributed by atoms with Crippen molar-refractivity contribution in [1.29, 1.82) is 0 Å². The monoisotopic (exact) mass is 287 g/mol. The molecule has 112 valence electrons. The normalized spacial score (nSPS) is 14.5. The summed E-state index contributed by atoms with van der Waals surface area (Å²) in [6, 6.07) is 5.46. The van der Waals surface area contributed by atoms with Gasteiger partial charge < -0.3 is 9.88 Å². The van der Waals surface area contributed by atoms with Gasteiger partial charge in [0.05, 0.1) is 5.69 Å². The lowest BCUT2D eigenvalue weighted by molar-refractivity contribution is 0.601. The minimum Gasteiger partial charge on any atom is -0.311 e. The smallest absolute Gasteiger partial charge is 0.128 e. The van der Waals surface area contributed by atoms with Crippen LogP contribution in [-0.2, 0) is 19.4 Å². The van der Waals surface area contributed by atoms with E-state index >= 15 is 0 Å². The lowest BCUT2D eigenvalue weighted by Crippen LogP contribution is -2.24. The van der Waals surface area contributed by atoms with E-state index in [0.29, 0.717) is 11.5 Å². The van der Waals surface area contributed by atoms with Crippen LogP contribution in [0, 0.1) is 18.7 Å². The minimum atomic E-state index is -0.153. The molecule has 1 aliphatic rings. The van der Waals surface area contributed by atoms with Gasteiger partial charge in [-0.15, -0.1) is 0 Å². The summed E-state index contributed by atoms with van der Waals surface area (Å²) in [5.41, 5.74) is 3.91. The van der Waals surface area contributed by atoms with Crippen LogP contribution in [0.1, 0.15) is 36.6 Å². The Bertz CT molecular complexity index is 658. The molecule has 3 rings (SSSR count). The number of nitrogens with one attached hydrogen (secondary N) is 1. The largest absolute Gasteiger partial charge is 0.311 e. The number of imidazole rings is 1. The maximum atomic E-state index is 14.0. The van der Waals surface area contributed by atoms with Crippen molar-refractivity contribution in [2.24, 2.45) is 5.92 Å². The summed E-state index contributed by atoms with van der Waals surface area (Å²) in [5, 5.41) is 3.36. The van der Waals surface area contributed by atoms with Crippen LogP contribution in [0.25, 0.3) is 5.69 Å². The van der Waals surface area contributed by atoms with Gasteiger partial charge in [-0.2, -0.15) is 0 Å². The zero-order valence-electron chi connectivity index (χ0n) is 12.9. The Morgan fingerprint density at radius 2 is 2.19 bits per heavy atom. The highest BCUT2D eigenvalue weighted by atomic mass is 19.1. The summed E-state index contributed by atoms with van der Waals surface area (Å²) in [6.45, 7) is 7.93. The van der Waals surface area contributed by atoms with Gasteiger partial charge in [-0.3, -0.25) is 0 Å². The van der Waals surface area contributed by atoms with Gasteiger partial charge in [0.15, 0.2) is 0 Å². The Labute approximate surface area is 125 Å². The summed E-state index contributed by atoms with van der Waals surface area (Å²) in [5.74, 6) is 1.41. The number of nitrogens with zero attached hydrogens (tertiary/aromatic N) is 2. The number of fused-ring (bicyclic) bond motifs is 1. The highest BCUT2D eigenvalue weighted by Crippen LogP contribution is 2.24. The second-order valence-corrected chi connectivity index (χ2v) is 6.22. The van der Waals surface area contributed by atoms with Gasteiger partial charge in [0.25, 0.3) is 0 Å². The molecule has 0 bridgehead atoms. The Hall–Kier alpha value is -1.68. The molecule has 1 aliphatic heterocycles. The van der Waals surface area contributed by atoms with E-state index in [1.165, 1.54) is 5.69 Å². The molecular formula is C17H22FN3. The van der Waals surface area contributed by atoms with Gasteiger partial charge in [0.2, 0.25) is 0 Å². The average molecular weight is 287 g/mol. The Kier molecular flexibility index (Phi) is 3.81. The second kappa shape index (κ2) is 5.60. The van der Waals surface area contributed by atoms with Crippen LogP contribution in [0.15, 0.2) is 18.2 Å². The quantitative estimate of drug-likeness (QED) is 0.939. The van der Waals surface area contributed by atoms with E-state index in [9.17, 15) is 4.39 Å². The van der Waals surface area contributed by atoms with Gasteiger partial charge in [-0.25, -0.2) is 9.37 Å². The third kappa shape index (κ3) is 2.72. The first kappa shape index (κ1) is 14.3. The van der Waals surface area contributed by atoms with Crippen molar-refractivity contribution in [3.8, 4) is 5.69 Å². The van der Waals surface area contributed by atoms with E-state index in [1.54, 1.807) is 13.0 Å². The lowest BCUT2D eigenvalue weighted by Gasteiger charge is -2.17. The Morgan fingerprint density at radius 3 is 2.90 bits per heavy atom. The summed E-state index contributed by atoms with van der Waals surface area (Å²) in [4.78, 5) is 4.80. The summed E-state index contributed by atoms with van der Waals surface area (Å²) < 4.78 is 16.1. The molecule has 1 aromatic heterocycles. The van der Waals surface area contributed by atoms with E-state index in [4.69, 9.17) is 4.98 Å². The maximum Gasteiger partial charge on any atom is 0.128 e. The third-order valence-corrected chi connectivity index (χ3v) is 3.96. The zero-order chi connectivity index (χ0) is 15.0. The molecule has 0 atom stereocenters. The van der Waals surface area contributed by atoms with Crippen molar-refractivity contribution >= 4 is 0 Å². The minimum absolute atomic E-state index is 0.153. The molecule has 0 saturated carbocycles. The van der Waals surface area contributed by atoms with Crippen LogP contribution in [0.2, 0.25) is 0 Å². The molecule has 4 heteroatoms. The van der Waals surface area contributed by atoms with Crippen molar-refractivity contribution in [1.82, 2.24) is 14.9 Å². The molecule has 21 heavy (non-hydrogen) atoms. The molecular weight excluding hydrogens is 265 g/mol. The molecule has 0 saturated heterocycles. The molecule has 0 aliphatic carbocycles. The number of hydrogen-bond acceptors (Lipinski definition) is 2. The predicted molar refractivity (Wildman–Crippen MR) is 82.2 cm³/mol. The molecule has 3 nitrogen and oxygen atoms in total. The maximum absolute atomic E-state index is 14.0. The van der Waals surface area contributed by atoms with E-state index in [-0.39, 0.29) is 5.82 Å². The van der Waals surface area contributed by atoms with Gasteiger partial charge >= 0.3 is 0 Å². The number of benzene rings is 1. The van der Waals surface area contributed by atoms with Gasteiger partial charge in [-0.05, 0) is 30.5 Å². The fourth-order valence-corrected chi connectivity index (χ4v) is 2.89. The number of halogens is 1. The van der Waals surface area contributed by atoms with Gasteiger partial charge in [0.1, 0.15) is 11.6 Å². The van der Waals surface area contributed by atoms with E-state index in [0.717, 1.165) is 43.1 Å². The van der Waals surface area contributed by atoms with E-state index in [1.807, 2.05) is 12.1 Å². The van der Waals surface area contributed by atoms with Gasteiger partial charge in [0, 0.05) is 37.3 Å². The number of aromatic nitrogens is 2. The first-order valence-corrected chi connectivity index (χ1v) is 7.63.